The van der Waals surface area contributed by atoms with Crippen molar-refractivity contribution in [3.05, 3.63) is 29.6 Å². The fourth-order valence-corrected chi connectivity index (χ4v) is 1.39. The predicted molar refractivity (Wildman–Crippen MR) is 65.7 cm³/mol. The number of carbonyl (C=O) groups is 1. The van der Waals surface area contributed by atoms with Gasteiger partial charge in [0.1, 0.15) is 0 Å². The molecule has 0 amide bonds. The van der Waals surface area contributed by atoms with Crippen molar-refractivity contribution >= 4 is 5.97 Å². The lowest BCUT2D eigenvalue weighted by molar-refractivity contribution is -0.150. The molecule has 1 rings (SSSR count). The Morgan fingerprint density at radius 3 is 2.61 bits per heavy atom. The average Bonchev–Trinajstić information content (AvgIpc) is 2.31. The lowest BCUT2D eigenvalue weighted by Crippen LogP contribution is -2.26. The molecule has 0 heterocycles. The van der Waals surface area contributed by atoms with E-state index in [0.29, 0.717) is 5.56 Å². The van der Waals surface area contributed by atoms with Crippen LogP contribution < -0.4 is 10.5 Å². The molecular formula is C13H18FNO3. The van der Waals surface area contributed by atoms with Gasteiger partial charge in [-0.05, 0) is 38.5 Å². The van der Waals surface area contributed by atoms with Gasteiger partial charge in [0.05, 0.1) is 6.61 Å². The molecule has 2 atom stereocenters. The number of hydrogen-bond acceptors (Lipinski definition) is 4. The summed E-state index contributed by atoms with van der Waals surface area (Å²) in [6.45, 7) is 5.23. The van der Waals surface area contributed by atoms with Crippen molar-refractivity contribution < 1.29 is 18.7 Å². The molecule has 0 aliphatic heterocycles. The van der Waals surface area contributed by atoms with Gasteiger partial charge in [-0.25, -0.2) is 9.18 Å². The smallest absolute Gasteiger partial charge is 0.347 e. The summed E-state index contributed by atoms with van der Waals surface area (Å²) < 4.78 is 23.7. The number of halogens is 1. The van der Waals surface area contributed by atoms with Crippen molar-refractivity contribution in [1.29, 1.82) is 0 Å². The van der Waals surface area contributed by atoms with E-state index in [1.165, 1.54) is 19.1 Å². The second-order valence-electron chi connectivity index (χ2n) is 3.99. The summed E-state index contributed by atoms with van der Waals surface area (Å²) >= 11 is 0. The van der Waals surface area contributed by atoms with E-state index in [2.05, 4.69) is 0 Å². The highest BCUT2D eigenvalue weighted by Crippen LogP contribution is 2.22. The maximum Gasteiger partial charge on any atom is 0.347 e. The molecule has 0 saturated carbocycles. The number of nitrogens with two attached hydrogens (primary N) is 1. The summed E-state index contributed by atoms with van der Waals surface area (Å²) in [6, 6.07) is 4.18. The lowest BCUT2D eigenvalue weighted by atomic mass is 10.1. The van der Waals surface area contributed by atoms with Crippen LogP contribution in [0, 0.1) is 5.82 Å². The molecule has 5 heteroatoms. The first kappa shape index (κ1) is 14.4. The van der Waals surface area contributed by atoms with E-state index in [4.69, 9.17) is 15.2 Å². The first-order valence-electron chi connectivity index (χ1n) is 5.84. The highest BCUT2D eigenvalue weighted by molar-refractivity contribution is 5.74. The Labute approximate surface area is 106 Å². The Balaban J connectivity index is 2.76. The van der Waals surface area contributed by atoms with Crippen LogP contribution in [0.5, 0.6) is 5.75 Å². The number of esters is 1. The highest BCUT2D eigenvalue weighted by atomic mass is 19.1. The first-order chi connectivity index (χ1) is 8.45. The lowest BCUT2D eigenvalue weighted by Gasteiger charge is -2.15. The van der Waals surface area contributed by atoms with Crippen molar-refractivity contribution in [2.75, 3.05) is 6.61 Å². The standard InChI is InChI=1S/C13H18FNO3/c1-4-17-13(16)9(3)18-12-6-5-10(8(2)15)7-11(12)14/h5-9H,4,15H2,1-3H3. The van der Waals surface area contributed by atoms with Crippen molar-refractivity contribution in [2.45, 2.75) is 32.9 Å². The zero-order valence-corrected chi connectivity index (χ0v) is 10.8. The van der Waals surface area contributed by atoms with E-state index in [0.717, 1.165) is 0 Å². The van der Waals surface area contributed by atoms with Gasteiger partial charge in [-0.3, -0.25) is 0 Å². The molecule has 0 aliphatic carbocycles. The quantitative estimate of drug-likeness (QED) is 0.819. The van der Waals surface area contributed by atoms with Crippen LogP contribution in [0.3, 0.4) is 0 Å². The summed E-state index contributed by atoms with van der Waals surface area (Å²) in [6.07, 6.45) is -0.847. The first-order valence-corrected chi connectivity index (χ1v) is 5.84. The zero-order chi connectivity index (χ0) is 13.7. The predicted octanol–water partition coefficient (Wildman–Crippen LogP) is 2.18. The van der Waals surface area contributed by atoms with Crippen LogP contribution in [0.1, 0.15) is 32.4 Å². The molecule has 100 valence electrons. The highest BCUT2D eigenvalue weighted by Gasteiger charge is 2.18. The van der Waals surface area contributed by atoms with Gasteiger partial charge >= 0.3 is 5.97 Å². The largest absolute Gasteiger partial charge is 0.476 e. The Bertz CT molecular complexity index is 421. The fraction of sp³-hybridized carbons (Fsp3) is 0.462. The van der Waals surface area contributed by atoms with Gasteiger partial charge in [0.25, 0.3) is 0 Å². The second-order valence-corrected chi connectivity index (χ2v) is 3.99. The van der Waals surface area contributed by atoms with Gasteiger partial charge in [-0.2, -0.15) is 0 Å². The van der Waals surface area contributed by atoms with Gasteiger partial charge in [0.15, 0.2) is 17.7 Å². The maximum atomic E-state index is 13.7. The Morgan fingerprint density at radius 2 is 2.11 bits per heavy atom. The van der Waals surface area contributed by atoms with Gasteiger partial charge in [-0.1, -0.05) is 6.07 Å². The number of ether oxygens (including phenoxy) is 2. The normalized spacial score (nSPS) is 13.8. The molecule has 18 heavy (non-hydrogen) atoms. The van der Waals surface area contributed by atoms with Crippen LogP contribution in [-0.4, -0.2) is 18.7 Å². The van der Waals surface area contributed by atoms with Crippen LogP contribution in [0.4, 0.5) is 4.39 Å². The van der Waals surface area contributed by atoms with E-state index >= 15 is 0 Å². The summed E-state index contributed by atoms with van der Waals surface area (Å²) in [5, 5.41) is 0. The van der Waals surface area contributed by atoms with Crippen LogP contribution in [-0.2, 0) is 9.53 Å². The number of rotatable bonds is 5. The molecule has 0 saturated heterocycles. The van der Waals surface area contributed by atoms with Crippen LogP contribution >= 0.6 is 0 Å². The molecule has 2 unspecified atom stereocenters. The van der Waals surface area contributed by atoms with E-state index in [1.807, 2.05) is 0 Å². The average molecular weight is 255 g/mol. The van der Waals surface area contributed by atoms with Crippen molar-refractivity contribution in [1.82, 2.24) is 0 Å². The molecule has 0 spiro atoms. The Morgan fingerprint density at radius 1 is 1.44 bits per heavy atom. The Kier molecular flexibility index (Phi) is 5.09. The minimum Gasteiger partial charge on any atom is -0.476 e. The SMILES string of the molecule is CCOC(=O)C(C)Oc1ccc(C(C)N)cc1F. The summed E-state index contributed by atoms with van der Waals surface area (Å²) in [5.41, 5.74) is 6.31. The van der Waals surface area contributed by atoms with E-state index in [9.17, 15) is 9.18 Å². The van der Waals surface area contributed by atoms with Crippen LogP contribution in [0.2, 0.25) is 0 Å². The molecule has 2 N–H and O–H groups in total. The number of benzene rings is 1. The number of carbonyl (C=O) groups excluding carboxylic acids is 1. The molecule has 0 radical (unpaired) electrons. The second kappa shape index (κ2) is 6.35. The van der Waals surface area contributed by atoms with Gasteiger partial charge < -0.3 is 15.2 Å². The van der Waals surface area contributed by atoms with Crippen LogP contribution in [0.15, 0.2) is 18.2 Å². The summed E-state index contributed by atoms with van der Waals surface area (Å²) in [4.78, 5) is 11.3. The summed E-state index contributed by atoms with van der Waals surface area (Å²) in [7, 11) is 0. The monoisotopic (exact) mass is 255 g/mol. The number of hydrogen-bond donors (Lipinski definition) is 1. The fourth-order valence-electron chi connectivity index (χ4n) is 1.39. The Hall–Kier alpha value is -1.62. The van der Waals surface area contributed by atoms with Crippen LogP contribution in [0.25, 0.3) is 0 Å². The van der Waals surface area contributed by atoms with Gasteiger partial charge in [0.2, 0.25) is 0 Å². The minimum absolute atomic E-state index is 0.0138. The third-order valence-electron chi connectivity index (χ3n) is 2.40. The van der Waals surface area contributed by atoms with E-state index < -0.39 is 17.9 Å². The summed E-state index contributed by atoms with van der Waals surface area (Å²) in [5.74, 6) is -1.05. The van der Waals surface area contributed by atoms with Crippen molar-refractivity contribution in [2.24, 2.45) is 5.73 Å². The third kappa shape index (κ3) is 3.70. The third-order valence-corrected chi connectivity index (χ3v) is 2.40. The van der Waals surface area contributed by atoms with Gasteiger partial charge in [-0.15, -0.1) is 0 Å². The zero-order valence-electron chi connectivity index (χ0n) is 10.8. The van der Waals surface area contributed by atoms with E-state index in [-0.39, 0.29) is 18.4 Å². The molecular weight excluding hydrogens is 237 g/mol. The van der Waals surface area contributed by atoms with Crippen molar-refractivity contribution in [3.63, 3.8) is 0 Å². The molecule has 0 fully saturated rings. The molecule has 4 nitrogen and oxygen atoms in total. The van der Waals surface area contributed by atoms with Gasteiger partial charge in [0, 0.05) is 6.04 Å². The molecule has 1 aromatic rings. The molecule has 1 aromatic carbocycles. The molecule has 0 aliphatic rings. The maximum absolute atomic E-state index is 13.7. The minimum atomic E-state index is -0.847. The molecule has 0 aromatic heterocycles. The molecule has 0 bridgehead atoms. The topological polar surface area (TPSA) is 61.5 Å². The van der Waals surface area contributed by atoms with E-state index in [1.54, 1.807) is 19.9 Å². The van der Waals surface area contributed by atoms with Crippen molar-refractivity contribution in [3.8, 4) is 5.75 Å².